The van der Waals surface area contributed by atoms with Crippen LogP contribution in [0.1, 0.15) is 62.0 Å². The van der Waals surface area contributed by atoms with E-state index in [9.17, 15) is 19.5 Å². The number of hydrogen-bond acceptors (Lipinski definition) is 4. The number of likely N-dealkylation sites (tertiary alicyclic amines) is 1. The number of piperidine rings is 1. The summed E-state index contributed by atoms with van der Waals surface area (Å²) in [5.74, 6) is -0.916. The van der Waals surface area contributed by atoms with Crippen LogP contribution >= 0.6 is 0 Å². The number of hydrogen-bond donors (Lipinski definition) is 2. The second kappa shape index (κ2) is 9.72. The fraction of sp³-hybridized carbons (Fsp3) is 0.464. The van der Waals surface area contributed by atoms with Gasteiger partial charge in [0.1, 0.15) is 6.61 Å². The Balaban J connectivity index is 1.21. The molecule has 2 fully saturated rings. The van der Waals surface area contributed by atoms with Crippen molar-refractivity contribution in [1.82, 2.24) is 10.2 Å². The Morgan fingerprint density at radius 2 is 1.63 bits per heavy atom. The molecule has 1 atom stereocenters. The molecule has 1 saturated carbocycles. The van der Waals surface area contributed by atoms with Gasteiger partial charge in [0, 0.05) is 25.0 Å². The highest BCUT2D eigenvalue weighted by Gasteiger charge is 2.48. The van der Waals surface area contributed by atoms with E-state index in [1.54, 1.807) is 4.90 Å². The maximum absolute atomic E-state index is 13.5. The minimum atomic E-state index is -0.880. The van der Waals surface area contributed by atoms with Crippen LogP contribution in [0.5, 0.6) is 0 Å². The summed E-state index contributed by atoms with van der Waals surface area (Å²) in [4.78, 5) is 39.2. The lowest BCUT2D eigenvalue weighted by Crippen LogP contribution is -2.57. The van der Waals surface area contributed by atoms with E-state index in [-0.39, 0.29) is 37.4 Å². The average Bonchev–Trinajstić information content (AvgIpc) is 3.15. The smallest absolute Gasteiger partial charge is 0.407 e. The van der Waals surface area contributed by atoms with E-state index >= 15 is 0 Å². The Kier molecular flexibility index (Phi) is 6.50. The molecular formula is C28H32N2O5. The molecule has 0 spiro atoms. The van der Waals surface area contributed by atoms with Crippen LogP contribution in [-0.4, -0.2) is 53.7 Å². The van der Waals surface area contributed by atoms with Crippen molar-refractivity contribution in [2.24, 2.45) is 5.41 Å². The number of ether oxygens (including phenoxy) is 1. The first-order valence-electron chi connectivity index (χ1n) is 12.6. The van der Waals surface area contributed by atoms with Crippen LogP contribution in [0.25, 0.3) is 11.1 Å². The van der Waals surface area contributed by atoms with E-state index in [1.165, 1.54) is 11.1 Å². The second-order valence-corrected chi connectivity index (χ2v) is 10.1. The van der Waals surface area contributed by atoms with Crippen molar-refractivity contribution >= 4 is 18.0 Å². The molecule has 0 aromatic heterocycles. The SMILES string of the molecule is O=C(O)C[C@H]1CCCCN1C(=O)C1(CNC(=O)OCC2c3ccccc3-c3ccccc32)CCC1. The summed E-state index contributed by atoms with van der Waals surface area (Å²) >= 11 is 0. The highest BCUT2D eigenvalue weighted by molar-refractivity contribution is 5.85. The zero-order valence-corrected chi connectivity index (χ0v) is 19.9. The Morgan fingerprint density at radius 1 is 0.971 bits per heavy atom. The number of amides is 2. The number of carbonyl (C=O) groups excluding carboxylic acids is 2. The van der Waals surface area contributed by atoms with Gasteiger partial charge in [-0.05, 0) is 54.4 Å². The van der Waals surface area contributed by atoms with Gasteiger partial charge in [-0.25, -0.2) is 4.79 Å². The van der Waals surface area contributed by atoms with Gasteiger partial charge in [0.2, 0.25) is 5.91 Å². The van der Waals surface area contributed by atoms with Crippen molar-refractivity contribution in [1.29, 1.82) is 0 Å². The van der Waals surface area contributed by atoms with Crippen molar-refractivity contribution in [3.63, 3.8) is 0 Å². The molecule has 0 bridgehead atoms. The molecule has 184 valence electrons. The monoisotopic (exact) mass is 476 g/mol. The third kappa shape index (κ3) is 4.51. The predicted octanol–water partition coefficient (Wildman–Crippen LogP) is 4.55. The van der Waals surface area contributed by atoms with Gasteiger partial charge < -0.3 is 20.1 Å². The van der Waals surface area contributed by atoms with Crippen molar-refractivity contribution in [3.05, 3.63) is 59.7 Å². The van der Waals surface area contributed by atoms with E-state index in [0.717, 1.165) is 30.4 Å². The molecule has 0 unspecified atom stereocenters. The number of carbonyl (C=O) groups is 3. The van der Waals surface area contributed by atoms with Gasteiger partial charge in [-0.15, -0.1) is 0 Å². The van der Waals surface area contributed by atoms with Crippen LogP contribution in [0.2, 0.25) is 0 Å². The first-order valence-corrected chi connectivity index (χ1v) is 12.6. The van der Waals surface area contributed by atoms with Gasteiger partial charge >= 0.3 is 12.1 Å². The number of fused-ring (bicyclic) bond motifs is 3. The topological polar surface area (TPSA) is 95.9 Å². The van der Waals surface area contributed by atoms with Crippen LogP contribution in [0.3, 0.4) is 0 Å². The maximum atomic E-state index is 13.5. The number of nitrogens with zero attached hydrogens (tertiary/aromatic N) is 1. The van der Waals surface area contributed by atoms with Crippen molar-refractivity contribution in [3.8, 4) is 11.1 Å². The fourth-order valence-electron chi connectivity index (χ4n) is 5.95. The largest absolute Gasteiger partial charge is 0.481 e. The number of alkyl carbamates (subject to hydrolysis) is 1. The summed E-state index contributed by atoms with van der Waals surface area (Å²) in [5.41, 5.74) is 4.00. The second-order valence-electron chi connectivity index (χ2n) is 10.1. The van der Waals surface area contributed by atoms with Gasteiger partial charge in [0.25, 0.3) is 0 Å². The molecule has 1 saturated heterocycles. The Hall–Kier alpha value is -3.35. The molecule has 2 aromatic carbocycles. The zero-order chi connectivity index (χ0) is 24.4. The van der Waals surface area contributed by atoms with E-state index in [1.807, 2.05) is 24.3 Å². The van der Waals surface area contributed by atoms with Gasteiger partial charge in [-0.2, -0.15) is 0 Å². The highest BCUT2D eigenvalue weighted by atomic mass is 16.5. The minimum absolute atomic E-state index is 0.0161. The molecule has 2 aliphatic carbocycles. The van der Waals surface area contributed by atoms with E-state index in [2.05, 4.69) is 29.6 Å². The molecule has 2 amide bonds. The van der Waals surface area contributed by atoms with Gasteiger partial charge in [-0.3, -0.25) is 9.59 Å². The van der Waals surface area contributed by atoms with Crippen LogP contribution < -0.4 is 5.32 Å². The summed E-state index contributed by atoms with van der Waals surface area (Å²) in [6, 6.07) is 16.1. The first-order chi connectivity index (χ1) is 17.0. The lowest BCUT2D eigenvalue weighted by Gasteiger charge is -2.46. The normalized spacial score (nSPS) is 20.3. The van der Waals surface area contributed by atoms with Crippen molar-refractivity contribution in [2.75, 3.05) is 19.7 Å². The minimum Gasteiger partial charge on any atom is -0.481 e. The van der Waals surface area contributed by atoms with Gasteiger partial charge in [0.15, 0.2) is 0 Å². The molecule has 1 aliphatic heterocycles. The Labute approximate surface area is 205 Å². The molecule has 1 heterocycles. The van der Waals surface area contributed by atoms with Crippen LogP contribution in [0, 0.1) is 5.41 Å². The third-order valence-corrected chi connectivity index (χ3v) is 7.98. The van der Waals surface area contributed by atoms with Gasteiger partial charge in [-0.1, -0.05) is 55.0 Å². The van der Waals surface area contributed by atoms with Gasteiger partial charge in [0.05, 0.1) is 11.8 Å². The summed E-state index contributed by atoms with van der Waals surface area (Å²) < 4.78 is 5.65. The Morgan fingerprint density at radius 3 is 2.23 bits per heavy atom. The van der Waals surface area contributed by atoms with Crippen molar-refractivity contribution < 1.29 is 24.2 Å². The summed E-state index contributed by atoms with van der Waals surface area (Å²) in [6.45, 7) is 1.04. The standard InChI is InChI=1S/C28H32N2O5/c31-25(32)16-19-8-5-6-15-30(19)26(33)28(13-7-14-28)18-29-27(34)35-17-24-22-11-3-1-9-20(22)21-10-2-4-12-23(21)24/h1-4,9-12,19,24H,5-8,13-18H2,(H,29,34)(H,31,32)/t19-/m1/s1. The molecule has 0 radical (unpaired) electrons. The van der Waals surface area contributed by atoms with Crippen LogP contribution in [0.15, 0.2) is 48.5 Å². The van der Waals surface area contributed by atoms with Crippen LogP contribution in [0.4, 0.5) is 4.79 Å². The molecule has 3 aliphatic rings. The lowest BCUT2D eigenvalue weighted by atomic mass is 9.67. The van der Waals surface area contributed by atoms with Crippen molar-refractivity contribution in [2.45, 2.75) is 56.9 Å². The van der Waals surface area contributed by atoms with E-state index in [0.29, 0.717) is 25.8 Å². The molecule has 7 nitrogen and oxygen atoms in total. The number of rotatable bonds is 7. The number of carboxylic acid groups (broad SMARTS) is 1. The van der Waals surface area contributed by atoms with E-state index in [4.69, 9.17) is 4.74 Å². The first kappa shape index (κ1) is 23.4. The highest BCUT2D eigenvalue weighted by Crippen LogP contribution is 2.45. The summed E-state index contributed by atoms with van der Waals surface area (Å²) in [5, 5.41) is 12.1. The summed E-state index contributed by atoms with van der Waals surface area (Å²) in [7, 11) is 0. The fourth-order valence-corrected chi connectivity index (χ4v) is 5.95. The number of benzene rings is 2. The zero-order valence-electron chi connectivity index (χ0n) is 19.9. The lowest BCUT2D eigenvalue weighted by molar-refractivity contribution is -0.152. The quantitative estimate of drug-likeness (QED) is 0.611. The Bertz CT molecular complexity index is 1080. The molecule has 7 heteroatoms. The number of nitrogens with one attached hydrogen (secondary N) is 1. The third-order valence-electron chi connectivity index (χ3n) is 7.98. The average molecular weight is 477 g/mol. The van der Waals surface area contributed by atoms with Crippen LogP contribution in [-0.2, 0) is 14.3 Å². The molecule has 5 rings (SSSR count). The number of carboxylic acids is 1. The summed E-state index contributed by atoms with van der Waals surface area (Å²) in [6.07, 6.45) is 4.32. The molecule has 35 heavy (non-hydrogen) atoms. The maximum Gasteiger partial charge on any atom is 0.407 e. The predicted molar refractivity (Wildman–Crippen MR) is 131 cm³/mol. The number of aliphatic carboxylic acids is 1. The molecular weight excluding hydrogens is 444 g/mol. The molecule has 2 aromatic rings. The van der Waals surface area contributed by atoms with E-state index < -0.39 is 17.5 Å². The molecule has 2 N–H and O–H groups in total.